The average molecular weight is 310 g/mol. The molecule has 0 spiro atoms. The minimum atomic E-state index is 0.432. The fourth-order valence-corrected chi connectivity index (χ4v) is 2.91. The number of piperazine rings is 1. The van der Waals surface area contributed by atoms with Crippen molar-refractivity contribution in [1.29, 1.82) is 0 Å². The maximum Gasteiger partial charge on any atom is 0.0406 e. The van der Waals surface area contributed by atoms with Crippen molar-refractivity contribution < 1.29 is 0 Å². The molecule has 0 aromatic heterocycles. The molecule has 1 aromatic carbocycles. The van der Waals surface area contributed by atoms with Crippen molar-refractivity contribution in [2.75, 3.05) is 46.3 Å². The molecule has 1 aromatic rings. The summed E-state index contributed by atoms with van der Waals surface area (Å²) in [6.45, 7) is 9.21. The van der Waals surface area contributed by atoms with E-state index in [1.807, 2.05) is 12.1 Å². The van der Waals surface area contributed by atoms with Gasteiger partial charge >= 0.3 is 0 Å². The van der Waals surface area contributed by atoms with Gasteiger partial charge in [-0.3, -0.25) is 0 Å². The van der Waals surface area contributed by atoms with Crippen LogP contribution in [0.4, 0.5) is 0 Å². The lowest BCUT2D eigenvalue weighted by atomic mass is 10.0. The van der Waals surface area contributed by atoms with E-state index in [0.717, 1.165) is 24.5 Å². The van der Waals surface area contributed by atoms with Crippen molar-refractivity contribution in [2.24, 2.45) is 0 Å². The Morgan fingerprint density at radius 1 is 1.14 bits per heavy atom. The fraction of sp³-hybridized carbons (Fsp3) is 0.647. The lowest BCUT2D eigenvalue weighted by Gasteiger charge is -2.33. The molecular formula is C17H28ClN3. The Kier molecular flexibility index (Phi) is 6.97. The van der Waals surface area contributed by atoms with Crippen LogP contribution in [0.2, 0.25) is 5.02 Å². The lowest BCUT2D eigenvalue weighted by Crippen LogP contribution is -2.45. The Labute approximate surface area is 134 Å². The number of halogens is 1. The lowest BCUT2D eigenvalue weighted by molar-refractivity contribution is 0.148. The van der Waals surface area contributed by atoms with Crippen molar-refractivity contribution >= 4 is 11.6 Å². The summed E-state index contributed by atoms with van der Waals surface area (Å²) in [7, 11) is 2.21. The third kappa shape index (κ3) is 5.59. The Bertz CT molecular complexity index is 399. The van der Waals surface area contributed by atoms with Crippen LogP contribution in [0.3, 0.4) is 0 Å². The predicted molar refractivity (Wildman–Crippen MR) is 91.0 cm³/mol. The van der Waals surface area contributed by atoms with E-state index in [2.05, 4.69) is 41.2 Å². The normalized spacial score (nSPS) is 18.8. The molecule has 0 bridgehead atoms. The van der Waals surface area contributed by atoms with Gasteiger partial charge in [-0.25, -0.2) is 0 Å². The third-order valence-corrected chi connectivity index (χ3v) is 4.49. The van der Waals surface area contributed by atoms with Crippen LogP contribution in [-0.2, 0) is 0 Å². The molecule has 1 heterocycles. The molecule has 118 valence electrons. The number of hydrogen-bond donors (Lipinski definition) is 1. The second-order valence-corrected chi connectivity index (χ2v) is 6.43. The first-order chi connectivity index (χ1) is 10.2. The first kappa shape index (κ1) is 16.8. The van der Waals surface area contributed by atoms with E-state index in [1.54, 1.807) is 0 Å². The van der Waals surface area contributed by atoms with Crippen LogP contribution < -0.4 is 5.32 Å². The summed E-state index contributed by atoms with van der Waals surface area (Å²) < 4.78 is 0. The molecule has 0 saturated carbocycles. The maximum atomic E-state index is 6.00. The summed E-state index contributed by atoms with van der Waals surface area (Å²) in [5.74, 6) is 0. The monoisotopic (exact) mass is 309 g/mol. The van der Waals surface area contributed by atoms with Crippen molar-refractivity contribution in [3.8, 4) is 0 Å². The third-order valence-electron chi connectivity index (χ3n) is 4.24. The first-order valence-corrected chi connectivity index (χ1v) is 8.46. The van der Waals surface area contributed by atoms with E-state index in [1.165, 1.54) is 38.2 Å². The molecule has 1 aliphatic heterocycles. The van der Waals surface area contributed by atoms with E-state index in [4.69, 9.17) is 11.6 Å². The van der Waals surface area contributed by atoms with E-state index < -0.39 is 0 Å². The molecular weight excluding hydrogens is 282 g/mol. The summed E-state index contributed by atoms with van der Waals surface area (Å²) in [5, 5.41) is 4.49. The van der Waals surface area contributed by atoms with Gasteiger partial charge in [0.1, 0.15) is 0 Å². The maximum absolute atomic E-state index is 6.00. The van der Waals surface area contributed by atoms with Crippen molar-refractivity contribution in [3.63, 3.8) is 0 Å². The largest absolute Gasteiger partial charge is 0.310 e. The highest BCUT2D eigenvalue weighted by atomic mass is 35.5. The Morgan fingerprint density at radius 3 is 2.43 bits per heavy atom. The zero-order valence-electron chi connectivity index (χ0n) is 13.3. The van der Waals surface area contributed by atoms with Gasteiger partial charge in [0, 0.05) is 43.8 Å². The molecule has 21 heavy (non-hydrogen) atoms. The molecule has 2 rings (SSSR count). The van der Waals surface area contributed by atoms with Crippen LogP contribution in [0, 0.1) is 0 Å². The number of rotatable bonds is 7. The molecule has 0 amide bonds. The fourth-order valence-electron chi connectivity index (χ4n) is 2.78. The number of benzene rings is 1. The first-order valence-electron chi connectivity index (χ1n) is 8.08. The SMILES string of the molecule is CCCNC(CCN1CCN(C)CC1)c1ccc(Cl)cc1. The summed E-state index contributed by atoms with van der Waals surface area (Å²) in [5.41, 5.74) is 1.35. The standard InChI is InChI=1S/C17H28ClN3/c1-3-9-19-17(15-4-6-16(18)7-5-15)8-10-21-13-11-20(2)12-14-21/h4-7,17,19H,3,8-14H2,1-2H3. The molecule has 0 aliphatic carbocycles. The van der Waals surface area contributed by atoms with Crippen LogP contribution in [0.25, 0.3) is 0 Å². The molecule has 0 radical (unpaired) electrons. The molecule has 1 aliphatic rings. The highest BCUT2D eigenvalue weighted by Crippen LogP contribution is 2.20. The van der Waals surface area contributed by atoms with Crippen molar-refractivity contribution in [2.45, 2.75) is 25.8 Å². The summed E-state index contributed by atoms with van der Waals surface area (Å²) in [6.07, 6.45) is 2.32. The van der Waals surface area contributed by atoms with E-state index in [0.29, 0.717) is 6.04 Å². The number of nitrogens with zero attached hydrogens (tertiary/aromatic N) is 2. The van der Waals surface area contributed by atoms with Crippen LogP contribution in [0.5, 0.6) is 0 Å². The minimum Gasteiger partial charge on any atom is -0.310 e. The van der Waals surface area contributed by atoms with E-state index in [-0.39, 0.29) is 0 Å². The van der Waals surface area contributed by atoms with Gasteiger partial charge in [0.25, 0.3) is 0 Å². The Balaban J connectivity index is 1.88. The molecule has 1 atom stereocenters. The number of likely N-dealkylation sites (N-methyl/N-ethyl adjacent to an activating group) is 1. The van der Waals surface area contributed by atoms with E-state index in [9.17, 15) is 0 Å². The summed E-state index contributed by atoms with van der Waals surface area (Å²) >= 11 is 6.00. The minimum absolute atomic E-state index is 0.432. The van der Waals surface area contributed by atoms with Gasteiger partial charge in [0.2, 0.25) is 0 Å². The van der Waals surface area contributed by atoms with Crippen molar-refractivity contribution in [1.82, 2.24) is 15.1 Å². The zero-order chi connectivity index (χ0) is 15.1. The zero-order valence-corrected chi connectivity index (χ0v) is 14.1. The molecule has 1 saturated heterocycles. The Morgan fingerprint density at radius 2 is 1.81 bits per heavy atom. The van der Waals surface area contributed by atoms with Gasteiger partial charge in [-0.15, -0.1) is 0 Å². The second kappa shape index (κ2) is 8.74. The molecule has 4 heteroatoms. The predicted octanol–water partition coefficient (Wildman–Crippen LogP) is 3.02. The summed E-state index contributed by atoms with van der Waals surface area (Å²) in [4.78, 5) is 4.99. The molecule has 1 unspecified atom stereocenters. The number of nitrogens with one attached hydrogen (secondary N) is 1. The van der Waals surface area contributed by atoms with Gasteiger partial charge < -0.3 is 15.1 Å². The quantitative estimate of drug-likeness (QED) is 0.835. The number of hydrogen-bond acceptors (Lipinski definition) is 3. The van der Waals surface area contributed by atoms with Crippen LogP contribution >= 0.6 is 11.6 Å². The van der Waals surface area contributed by atoms with Gasteiger partial charge in [-0.05, 0) is 44.1 Å². The average Bonchev–Trinajstić information content (AvgIpc) is 2.50. The van der Waals surface area contributed by atoms with Crippen LogP contribution in [0.1, 0.15) is 31.4 Å². The van der Waals surface area contributed by atoms with Gasteiger partial charge in [-0.2, -0.15) is 0 Å². The van der Waals surface area contributed by atoms with E-state index >= 15 is 0 Å². The van der Waals surface area contributed by atoms with Gasteiger partial charge in [-0.1, -0.05) is 30.7 Å². The Hall–Kier alpha value is -0.610. The van der Waals surface area contributed by atoms with Crippen molar-refractivity contribution in [3.05, 3.63) is 34.9 Å². The highest BCUT2D eigenvalue weighted by Gasteiger charge is 2.16. The summed E-state index contributed by atoms with van der Waals surface area (Å²) in [6, 6.07) is 8.72. The van der Waals surface area contributed by atoms with Crippen LogP contribution in [-0.4, -0.2) is 56.1 Å². The van der Waals surface area contributed by atoms with Gasteiger partial charge in [0.05, 0.1) is 0 Å². The van der Waals surface area contributed by atoms with Gasteiger partial charge in [0.15, 0.2) is 0 Å². The smallest absolute Gasteiger partial charge is 0.0406 e. The molecule has 1 N–H and O–H groups in total. The highest BCUT2D eigenvalue weighted by molar-refractivity contribution is 6.30. The molecule has 1 fully saturated rings. The van der Waals surface area contributed by atoms with Crippen LogP contribution in [0.15, 0.2) is 24.3 Å². The second-order valence-electron chi connectivity index (χ2n) is 5.99. The topological polar surface area (TPSA) is 18.5 Å². The molecule has 3 nitrogen and oxygen atoms in total.